The lowest BCUT2D eigenvalue weighted by molar-refractivity contribution is -0.421. The maximum Gasteiger partial charge on any atom is 0.342 e. The van der Waals surface area contributed by atoms with Crippen molar-refractivity contribution in [1.82, 2.24) is 0 Å². The highest BCUT2D eigenvalue weighted by molar-refractivity contribution is 5.91. The predicted molar refractivity (Wildman–Crippen MR) is 62.7 cm³/mol. The Morgan fingerprint density at radius 3 is 2.00 bits per heavy atom. The van der Waals surface area contributed by atoms with Crippen LogP contribution in [0.2, 0.25) is 0 Å². The van der Waals surface area contributed by atoms with Crippen LogP contribution in [0.15, 0.2) is 23.4 Å². The fourth-order valence-corrected chi connectivity index (χ4v) is 1.03. The van der Waals surface area contributed by atoms with E-state index in [-0.39, 0.29) is 11.3 Å². The second kappa shape index (κ2) is 9.89. The third kappa shape index (κ3) is 5.29. The topological polar surface area (TPSA) is 80.4 Å². The molecular formula is C11H19NO4. The van der Waals surface area contributed by atoms with Crippen LogP contribution in [0.3, 0.4) is 0 Å². The first-order valence-corrected chi connectivity index (χ1v) is 5.41. The Bertz CT molecular complexity index is 262. The Morgan fingerprint density at radius 2 is 1.69 bits per heavy atom. The summed E-state index contributed by atoms with van der Waals surface area (Å²) in [5.41, 5.74) is -0.500. The number of nitro groups is 1. The second-order valence-electron chi connectivity index (χ2n) is 2.35. The molecule has 5 heteroatoms. The van der Waals surface area contributed by atoms with Gasteiger partial charge in [-0.25, -0.2) is 4.79 Å². The number of aliphatic carboxylic acids is 1. The number of allylic oxidation sites excluding steroid dienone is 2. The molecule has 0 bridgehead atoms. The van der Waals surface area contributed by atoms with Gasteiger partial charge in [-0.1, -0.05) is 33.8 Å². The number of carbonyl (C=O) groups is 1. The number of hydrogen-bond donors (Lipinski definition) is 1. The summed E-state index contributed by atoms with van der Waals surface area (Å²) in [6.07, 6.45) is 3.80. The maximum atomic E-state index is 10.5. The van der Waals surface area contributed by atoms with Crippen molar-refractivity contribution in [3.05, 3.63) is 33.5 Å². The van der Waals surface area contributed by atoms with Crippen LogP contribution >= 0.6 is 0 Å². The molecule has 0 saturated heterocycles. The Balaban J connectivity index is 0. The summed E-state index contributed by atoms with van der Waals surface area (Å²) in [6, 6.07) is 0. The van der Waals surface area contributed by atoms with Gasteiger partial charge in [0.2, 0.25) is 0 Å². The van der Waals surface area contributed by atoms with Crippen molar-refractivity contribution in [1.29, 1.82) is 0 Å². The number of carboxylic acids is 1. The summed E-state index contributed by atoms with van der Waals surface area (Å²) in [5.74, 6) is -1.24. The quantitative estimate of drug-likeness (QED) is 0.583. The van der Waals surface area contributed by atoms with E-state index in [1.165, 1.54) is 12.2 Å². The van der Waals surface area contributed by atoms with Gasteiger partial charge in [0.25, 0.3) is 5.70 Å². The van der Waals surface area contributed by atoms with Gasteiger partial charge in [0, 0.05) is 0 Å². The Morgan fingerprint density at radius 1 is 1.25 bits per heavy atom. The molecule has 1 aliphatic rings. The Labute approximate surface area is 95.6 Å². The summed E-state index contributed by atoms with van der Waals surface area (Å²) in [6.45, 7) is 8.00. The molecule has 92 valence electrons. The van der Waals surface area contributed by atoms with E-state index in [4.69, 9.17) is 5.11 Å². The molecule has 0 aromatic rings. The molecule has 0 heterocycles. The highest BCUT2D eigenvalue weighted by Crippen LogP contribution is 2.18. The lowest BCUT2D eigenvalue weighted by Gasteiger charge is -2.03. The van der Waals surface area contributed by atoms with Crippen molar-refractivity contribution in [2.24, 2.45) is 0 Å². The average molecular weight is 229 g/mol. The molecule has 0 atom stereocenters. The molecule has 16 heavy (non-hydrogen) atoms. The predicted octanol–water partition coefficient (Wildman–Crippen LogP) is 3.00. The maximum absolute atomic E-state index is 10.5. The third-order valence-corrected chi connectivity index (χ3v) is 1.56. The molecule has 0 aliphatic heterocycles. The molecule has 0 spiro atoms. The fourth-order valence-electron chi connectivity index (χ4n) is 1.03. The minimum atomic E-state index is -1.24. The van der Waals surface area contributed by atoms with E-state index in [0.29, 0.717) is 12.8 Å². The van der Waals surface area contributed by atoms with Crippen molar-refractivity contribution >= 4 is 5.97 Å². The molecule has 0 radical (unpaired) electrons. The minimum absolute atomic E-state index is 0.203. The zero-order chi connectivity index (χ0) is 13.1. The molecule has 5 nitrogen and oxygen atoms in total. The van der Waals surface area contributed by atoms with Gasteiger partial charge in [-0.3, -0.25) is 10.1 Å². The number of carboxylic acid groups (broad SMARTS) is 1. The Kier molecular flexibility index (Phi) is 10.4. The van der Waals surface area contributed by atoms with E-state index in [2.05, 4.69) is 0 Å². The van der Waals surface area contributed by atoms with E-state index < -0.39 is 10.9 Å². The van der Waals surface area contributed by atoms with Gasteiger partial charge in [0.1, 0.15) is 5.57 Å². The molecule has 1 aliphatic carbocycles. The van der Waals surface area contributed by atoms with E-state index in [0.717, 1.165) is 0 Å². The molecule has 0 aromatic heterocycles. The highest BCUT2D eigenvalue weighted by atomic mass is 16.6. The van der Waals surface area contributed by atoms with Crippen LogP contribution in [0.4, 0.5) is 0 Å². The molecule has 0 amide bonds. The van der Waals surface area contributed by atoms with E-state index in [9.17, 15) is 14.9 Å². The van der Waals surface area contributed by atoms with Crippen molar-refractivity contribution in [3.63, 3.8) is 0 Å². The molecule has 0 saturated carbocycles. The second-order valence-corrected chi connectivity index (χ2v) is 2.35. The number of hydrogen-bond acceptors (Lipinski definition) is 3. The van der Waals surface area contributed by atoms with Crippen molar-refractivity contribution in [2.75, 3.05) is 0 Å². The SMILES string of the molecule is CC.CC.O=C(O)C1=CCCC=C1[N+](=O)[O-]. The van der Waals surface area contributed by atoms with Gasteiger partial charge in [0.15, 0.2) is 0 Å². The van der Waals surface area contributed by atoms with Crippen molar-refractivity contribution in [2.45, 2.75) is 40.5 Å². The lowest BCUT2D eigenvalue weighted by atomic mass is 10.0. The average Bonchev–Trinajstić information content (AvgIpc) is 2.34. The van der Waals surface area contributed by atoms with Crippen molar-refractivity contribution in [3.8, 4) is 0 Å². The van der Waals surface area contributed by atoms with Crippen LogP contribution in [0.25, 0.3) is 0 Å². The van der Waals surface area contributed by atoms with Gasteiger partial charge in [0.05, 0.1) is 4.92 Å². The van der Waals surface area contributed by atoms with Crippen LogP contribution < -0.4 is 0 Å². The minimum Gasteiger partial charge on any atom is -0.477 e. The van der Waals surface area contributed by atoms with E-state index in [1.807, 2.05) is 27.7 Å². The zero-order valence-corrected chi connectivity index (χ0v) is 10.2. The zero-order valence-electron chi connectivity index (χ0n) is 10.2. The molecule has 0 unspecified atom stereocenters. The largest absolute Gasteiger partial charge is 0.477 e. The normalized spacial score (nSPS) is 13.0. The molecular weight excluding hydrogens is 210 g/mol. The van der Waals surface area contributed by atoms with Gasteiger partial charge >= 0.3 is 5.97 Å². The summed E-state index contributed by atoms with van der Waals surface area (Å²) in [4.78, 5) is 20.1. The third-order valence-electron chi connectivity index (χ3n) is 1.56. The molecule has 0 fully saturated rings. The first-order chi connectivity index (χ1) is 7.63. The first kappa shape index (κ1) is 16.8. The van der Waals surface area contributed by atoms with Crippen LogP contribution in [0.1, 0.15) is 40.5 Å². The van der Waals surface area contributed by atoms with Crippen LogP contribution in [-0.2, 0) is 4.79 Å². The van der Waals surface area contributed by atoms with Gasteiger partial charge in [-0.2, -0.15) is 0 Å². The standard InChI is InChI=1S/C7H7NO4.2C2H6/c9-7(10)5-3-1-2-4-6(5)8(11)12;2*1-2/h3-4H,1-2H2,(H,9,10);2*1-2H3. The Hall–Kier alpha value is -1.65. The van der Waals surface area contributed by atoms with E-state index in [1.54, 1.807) is 0 Å². The summed E-state index contributed by atoms with van der Waals surface area (Å²) in [7, 11) is 0. The summed E-state index contributed by atoms with van der Waals surface area (Å²) < 4.78 is 0. The van der Waals surface area contributed by atoms with Crippen LogP contribution in [0, 0.1) is 10.1 Å². The van der Waals surface area contributed by atoms with E-state index >= 15 is 0 Å². The monoisotopic (exact) mass is 229 g/mol. The molecule has 1 N–H and O–H groups in total. The number of nitrogens with zero attached hydrogens (tertiary/aromatic N) is 1. The fraction of sp³-hybridized carbons (Fsp3) is 0.545. The van der Waals surface area contributed by atoms with Gasteiger partial charge in [-0.15, -0.1) is 0 Å². The van der Waals surface area contributed by atoms with Gasteiger partial charge < -0.3 is 5.11 Å². The van der Waals surface area contributed by atoms with Crippen LogP contribution in [-0.4, -0.2) is 16.0 Å². The molecule has 0 aromatic carbocycles. The first-order valence-electron chi connectivity index (χ1n) is 5.41. The molecule has 1 rings (SSSR count). The summed E-state index contributed by atoms with van der Waals surface area (Å²) in [5, 5.41) is 18.8. The van der Waals surface area contributed by atoms with Crippen molar-refractivity contribution < 1.29 is 14.8 Å². The smallest absolute Gasteiger partial charge is 0.342 e. The highest BCUT2D eigenvalue weighted by Gasteiger charge is 2.24. The van der Waals surface area contributed by atoms with Crippen LogP contribution in [0.5, 0.6) is 0 Å². The number of rotatable bonds is 2. The summed E-state index contributed by atoms with van der Waals surface area (Å²) >= 11 is 0. The van der Waals surface area contributed by atoms with Gasteiger partial charge in [-0.05, 0) is 18.9 Å². The lowest BCUT2D eigenvalue weighted by Crippen LogP contribution is -2.12.